The molecule has 218 valence electrons. The van der Waals surface area contributed by atoms with Gasteiger partial charge in [-0.1, -0.05) is 0 Å². The number of hydrogen-bond donors (Lipinski definition) is 5. The molecule has 0 radical (unpaired) electrons. The monoisotopic (exact) mass is 594 g/mol. The molecular formula is C27H14O16. The van der Waals surface area contributed by atoms with Crippen LogP contribution in [0.3, 0.4) is 0 Å². The molecule has 0 unspecified atom stereocenters. The molecule has 0 heterocycles. The van der Waals surface area contributed by atoms with E-state index in [1.807, 2.05) is 0 Å². The SMILES string of the molecule is O=C(O)c1ccc(C(=O)OC(=O)c2ccc(C(=O)OC(=O)c3ccc(C(=O)O)cc3C(=O)O)c(C(=O)O)c2)c(C(=O)O)c1. The molecule has 0 aliphatic carbocycles. The first-order valence-corrected chi connectivity index (χ1v) is 11.2. The van der Waals surface area contributed by atoms with E-state index in [-0.39, 0.29) is 0 Å². The number of carboxylic acid groups (broad SMARTS) is 5. The van der Waals surface area contributed by atoms with Crippen molar-refractivity contribution >= 4 is 53.7 Å². The summed E-state index contributed by atoms with van der Waals surface area (Å²) in [5, 5.41) is 46.2. The van der Waals surface area contributed by atoms with E-state index in [0.29, 0.717) is 24.3 Å². The van der Waals surface area contributed by atoms with Crippen LogP contribution in [0.15, 0.2) is 54.6 Å². The molecule has 3 aromatic rings. The van der Waals surface area contributed by atoms with Crippen LogP contribution in [0.4, 0.5) is 0 Å². The Hall–Kier alpha value is -6.71. The Morgan fingerprint density at radius 2 is 0.628 bits per heavy atom. The van der Waals surface area contributed by atoms with Gasteiger partial charge in [-0.15, -0.1) is 0 Å². The quantitative estimate of drug-likeness (QED) is 0.175. The maximum Gasteiger partial charge on any atom is 0.346 e. The number of aromatic carboxylic acids is 5. The van der Waals surface area contributed by atoms with E-state index in [9.17, 15) is 58.5 Å². The van der Waals surface area contributed by atoms with Gasteiger partial charge in [0.25, 0.3) is 0 Å². The van der Waals surface area contributed by atoms with Crippen LogP contribution in [0.2, 0.25) is 0 Å². The van der Waals surface area contributed by atoms with Crippen LogP contribution in [-0.4, -0.2) is 79.3 Å². The van der Waals surface area contributed by atoms with E-state index in [1.165, 1.54) is 0 Å². The zero-order valence-corrected chi connectivity index (χ0v) is 20.9. The average molecular weight is 594 g/mol. The number of rotatable bonds is 9. The van der Waals surface area contributed by atoms with Crippen LogP contribution in [0.5, 0.6) is 0 Å². The molecule has 0 saturated carbocycles. The minimum Gasteiger partial charge on any atom is -0.478 e. The molecule has 5 N–H and O–H groups in total. The smallest absolute Gasteiger partial charge is 0.346 e. The van der Waals surface area contributed by atoms with Crippen molar-refractivity contribution in [2.24, 2.45) is 0 Å². The highest BCUT2D eigenvalue weighted by molar-refractivity contribution is 6.13. The summed E-state index contributed by atoms with van der Waals surface area (Å²) < 4.78 is 9.15. The highest BCUT2D eigenvalue weighted by Gasteiger charge is 2.28. The molecule has 0 aromatic heterocycles. The summed E-state index contributed by atoms with van der Waals surface area (Å²) in [6.45, 7) is 0. The van der Waals surface area contributed by atoms with Crippen molar-refractivity contribution in [1.82, 2.24) is 0 Å². The van der Waals surface area contributed by atoms with Crippen molar-refractivity contribution in [3.63, 3.8) is 0 Å². The van der Waals surface area contributed by atoms with Crippen LogP contribution in [0.1, 0.15) is 93.2 Å². The summed E-state index contributed by atoms with van der Waals surface area (Å²) in [6, 6.07) is 6.63. The van der Waals surface area contributed by atoms with Crippen molar-refractivity contribution in [1.29, 1.82) is 0 Å². The minimum atomic E-state index is -1.82. The molecule has 3 aromatic carbocycles. The highest BCUT2D eigenvalue weighted by atomic mass is 16.6. The average Bonchev–Trinajstić information content (AvgIpc) is 2.95. The normalized spacial score (nSPS) is 10.2. The van der Waals surface area contributed by atoms with Gasteiger partial charge < -0.3 is 35.0 Å². The van der Waals surface area contributed by atoms with Gasteiger partial charge in [0, 0.05) is 0 Å². The zero-order valence-electron chi connectivity index (χ0n) is 20.9. The van der Waals surface area contributed by atoms with Gasteiger partial charge >= 0.3 is 53.7 Å². The molecule has 0 bridgehead atoms. The Bertz CT molecular complexity index is 1780. The molecule has 0 spiro atoms. The third-order valence-corrected chi connectivity index (χ3v) is 5.51. The van der Waals surface area contributed by atoms with Gasteiger partial charge in [0.1, 0.15) is 0 Å². The summed E-state index contributed by atoms with van der Waals surface area (Å²) in [5.41, 5.74) is -6.44. The van der Waals surface area contributed by atoms with Gasteiger partial charge in [0.15, 0.2) is 0 Å². The van der Waals surface area contributed by atoms with Gasteiger partial charge in [-0.05, 0) is 54.6 Å². The summed E-state index contributed by atoms with van der Waals surface area (Å²) in [6.07, 6.45) is 0. The molecule has 16 heteroatoms. The zero-order chi connectivity index (χ0) is 32.2. The van der Waals surface area contributed by atoms with E-state index in [0.717, 1.165) is 30.3 Å². The maximum absolute atomic E-state index is 12.6. The Kier molecular flexibility index (Phi) is 8.75. The van der Waals surface area contributed by atoms with Crippen molar-refractivity contribution in [3.8, 4) is 0 Å². The summed E-state index contributed by atoms with van der Waals surface area (Å²) in [5.74, 6) is -14.5. The molecule has 0 aliphatic heterocycles. The standard InChI is InChI=1S/C27H14O16/c28-19(29)10-1-4-13(16(7-10)21(32)33)25(39)42-24(38)12-3-6-15(18(9-12)23(36)37)27(41)43-26(40)14-5-2-11(20(30)31)8-17(14)22(34)35/h1-9H,(H,28,29)(H,30,31)(H,32,33)(H,34,35)(H,36,37). The molecule has 0 fully saturated rings. The number of hydrogen-bond acceptors (Lipinski definition) is 11. The Morgan fingerprint density at radius 3 is 0.930 bits per heavy atom. The number of benzene rings is 3. The Morgan fingerprint density at radius 1 is 0.349 bits per heavy atom. The topological polar surface area (TPSA) is 273 Å². The lowest BCUT2D eigenvalue weighted by molar-refractivity contribution is 0.0372. The molecular weight excluding hydrogens is 580 g/mol. The first-order chi connectivity index (χ1) is 20.1. The molecule has 0 amide bonds. The lowest BCUT2D eigenvalue weighted by Crippen LogP contribution is -2.20. The molecule has 43 heavy (non-hydrogen) atoms. The molecule has 16 nitrogen and oxygen atoms in total. The predicted molar refractivity (Wildman–Crippen MR) is 134 cm³/mol. The number of carbonyl (C=O) groups excluding carboxylic acids is 4. The van der Waals surface area contributed by atoms with Crippen molar-refractivity contribution in [3.05, 3.63) is 105 Å². The molecule has 3 rings (SSSR count). The van der Waals surface area contributed by atoms with Gasteiger partial charge in [-0.2, -0.15) is 0 Å². The Labute approximate surface area is 236 Å². The van der Waals surface area contributed by atoms with Gasteiger partial charge in [-0.25, -0.2) is 43.2 Å². The molecule has 0 atom stereocenters. The van der Waals surface area contributed by atoms with Crippen molar-refractivity contribution < 1.29 is 78.2 Å². The summed E-state index contributed by atoms with van der Waals surface area (Å²) in [7, 11) is 0. The first kappa shape index (κ1) is 30.8. The van der Waals surface area contributed by atoms with E-state index < -0.39 is 104 Å². The lowest BCUT2D eigenvalue weighted by Gasteiger charge is -2.10. The first-order valence-electron chi connectivity index (χ1n) is 11.2. The van der Waals surface area contributed by atoms with Crippen LogP contribution >= 0.6 is 0 Å². The highest BCUT2D eigenvalue weighted by Crippen LogP contribution is 2.20. The second kappa shape index (κ2) is 12.2. The number of esters is 4. The van der Waals surface area contributed by atoms with Gasteiger partial charge in [0.2, 0.25) is 0 Å². The fraction of sp³-hybridized carbons (Fsp3) is 0. The van der Waals surface area contributed by atoms with Crippen LogP contribution in [-0.2, 0) is 9.47 Å². The second-order valence-electron chi connectivity index (χ2n) is 8.16. The lowest BCUT2D eigenvalue weighted by atomic mass is 10.0. The predicted octanol–water partition coefficient (Wildman–Crippen LogP) is 2.17. The fourth-order valence-corrected chi connectivity index (χ4v) is 3.48. The van der Waals surface area contributed by atoms with E-state index in [1.54, 1.807) is 0 Å². The summed E-state index contributed by atoms with van der Waals surface area (Å²) >= 11 is 0. The molecule has 0 saturated heterocycles. The third-order valence-electron chi connectivity index (χ3n) is 5.51. The largest absolute Gasteiger partial charge is 0.478 e. The van der Waals surface area contributed by atoms with Crippen LogP contribution < -0.4 is 0 Å². The van der Waals surface area contributed by atoms with Crippen LogP contribution in [0, 0.1) is 0 Å². The van der Waals surface area contributed by atoms with E-state index in [4.69, 9.17) is 10.2 Å². The van der Waals surface area contributed by atoms with Gasteiger partial charge in [-0.3, -0.25) is 0 Å². The second-order valence-corrected chi connectivity index (χ2v) is 8.16. The molecule has 0 aliphatic rings. The number of ether oxygens (including phenoxy) is 2. The van der Waals surface area contributed by atoms with Crippen molar-refractivity contribution in [2.45, 2.75) is 0 Å². The number of carboxylic acids is 5. The maximum atomic E-state index is 12.6. The van der Waals surface area contributed by atoms with Gasteiger partial charge in [0.05, 0.1) is 50.1 Å². The summed E-state index contributed by atoms with van der Waals surface area (Å²) in [4.78, 5) is 107. The van der Waals surface area contributed by atoms with Crippen molar-refractivity contribution in [2.75, 3.05) is 0 Å². The Balaban J connectivity index is 1.87. The fourth-order valence-electron chi connectivity index (χ4n) is 3.48. The van der Waals surface area contributed by atoms with Crippen LogP contribution in [0.25, 0.3) is 0 Å². The van der Waals surface area contributed by atoms with E-state index in [2.05, 4.69) is 9.47 Å². The third kappa shape index (κ3) is 6.72. The number of carbonyl (C=O) groups is 9. The van der Waals surface area contributed by atoms with E-state index >= 15 is 0 Å². The minimum absolute atomic E-state index is 0.483.